The SMILES string of the molecule is CCN(Cc1nc2cc(OC)c(OC)cc2c(=O)[nH]1)C(=O)C(N)C(C)C. The van der Waals surface area contributed by atoms with Crippen LogP contribution in [0.1, 0.15) is 26.6 Å². The number of likely N-dealkylation sites (N-methyl/N-ethyl adjacent to an activating group) is 1. The molecule has 1 aromatic heterocycles. The molecule has 0 spiro atoms. The number of hydrogen-bond acceptors (Lipinski definition) is 6. The molecule has 0 saturated heterocycles. The van der Waals surface area contributed by atoms with Gasteiger partial charge in [-0.15, -0.1) is 0 Å². The molecule has 0 radical (unpaired) electrons. The van der Waals surface area contributed by atoms with Gasteiger partial charge in [0.15, 0.2) is 11.5 Å². The van der Waals surface area contributed by atoms with Crippen LogP contribution in [0.5, 0.6) is 11.5 Å². The molecule has 1 aromatic carbocycles. The number of carbonyl (C=O) groups is 1. The number of nitrogens with zero attached hydrogens (tertiary/aromatic N) is 2. The van der Waals surface area contributed by atoms with Gasteiger partial charge in [-0.2, -0.15) is 0 Å². The van der Waals surface area contributed by atoms with E-state index >= 15 is 0 Å². The van der Waals surface area contributed by atoms with E-state index < -0.39 is 6.04 Å². The number of aromatic nitrogens is 2. The summed E-state index contributed by atoms with van der Waals surface area (Å²) in [6.45, 7) is 6.29. The summed E-state index contributed by atoms with van der Waals surface area (Å²) < 4.78 is 10.5. The number of nitrogens with one attached hydrogen (secondary N) is 1. The number of aromatic amines is 1. The summed E-state index contributed by atoms with van der Waals surface area (Å²) >= 11 is 0. The maximum Gasteiger partial charge on any atom is 0.258 e. The number of fused-ring (bicyclic) bond motifs is 1. The Kier molecular flexibility index (Phi) is 6.20. The maximum atomic E-state index is 12.5. The highest BCUT2D eigenvalue weighted by molar-refractivity contribution is 5.83. The predicted molar refractivity (Wildman–Crippen MR) is 99.4 cm³/mol. The van der Waals surface area contributed by atoms with Gasteiger partial charge in [0.1, 0.15) is 5.82 Å². The molecule has 0 bridgehead atoms. The molecule has 1 atom stereocenters. The van der Waals surface area contributed by atoms with E-state index in [9.17, 15) is 9.59 Å². The molecule has 0 aliphatic heterocycles. The van der Waals surface area contributed by atoms with E-state index in [0.29, 0.717) is 34.8 Å². The van der Waals surface area contributed by atoms with Gasteiger partial charge in [-0.1, -0.05) is 13.8 Å². The van der Waals surface area contributed by atoms with Gasteiger partial charge in [0, 0.05) is 12.6 Å². The first-order valence-corrected chi connectivity index (χ1v) is 8.51. The number of amides is 1. The number of hydrogen-bond donors (Lipinski definition) is 2. The number of ether oxygens (including phenoxy) is 2. The highest BCUT2D eigenvalue weighted by Crippen LogP contribution is 2.29. The number of H-pyrrole nitrogens is 1. The van der Waals surface area contributed by atoms with Crippen molar-refractivity contribution in [2.75, 3.05) is 20.8 Å². The summed E-state index contributed by atoms with van der Waals surface area (Å²) in [6, 6.07) is 2.64. The zero-order valence-electron chi connectivity index (χ0n) is 15.8. The lowest BCUT2D eigenvalue weighted by Crippen LogP contribution is -2.46. The highest BCUT2D eigenvalue weighted by Gasteiger charge is 2.23. The van der Waals surface area contributed by atoms with E-state index in [2.05, 4.69) is 9.97 Å². The second kappa shape index (κ2) is 8.18. The van der Waals surface area contributed by atoms with Crippen molar-refractivity contribution in [2.24, 2.45) is 11.7 Å². The van der Waals surface area contributed by atoms with Crippen LogP contribution >= 0.6 is 0 Å². The molecule has 0 saturated carbocycles. The minimum atomic E-state index is -0.591. The van der Waals surface area contributed by atoms with E-state index in [1.165, 1.54) is 14.2 Å². The quantitative estimate of drug-likeness (QED) is 0.767. The molecule has 0 aliphatic rings. The molecule has 142 valence electrons. The minimum Gasteiger partial charge on any atom is -0.493 e. The van der Waals surface area contributed by atoms with Crippen LogP contribution in [0.4, 0.5) is 0 Å². The fourth-order valence-corrected chi connectivity index (χ4v) is 2.61. The number of methoxy groups -OCH3 is 2. The van der Waals surface area contributed by atoms with Gasteiger partial charge in [0.2, 0.25) is 5.91 Å². The fourth-order valence-electron chi connectivity index (χ4n) is 2.61. The molecule has 8 nitrogen and oxygen atoms in total. The van der Waals surface area contributed by atoms with Crippen LogP contribution in [0, 0.1) is 5.92 Å². The average molecular weight is 362 g/mol. The van der Waals surface area contributed by atoms with Crippen LogP contribution in [0.25, 0.3) is 10.9 Å². The summed E-state index contributed by atoms with van der Waals surface area (Å²) in [5.41, 5.74) is 6.13. The van der Waals surface area contributed by atoms with E-state index in [0.717, 1.165) is 0 Å². The van der Waals surface area contributed by atoms with Crippen molar-refractivity contribution in [3.63, 3.8) is 0 Å². The zero-order chi connectivity index (χ0) is 19.4. The Morgan fingerprint density at radius 2 is 1.88 bits per heavy atom. The monoisotopic (exact) mass is 362 g/mol. The standard InChI is InChI=1S/C18H26N4O4/c1-6-22(18(24)16(19)10(2)3)9-15-20-12-8-14(26-5)13(25-4)7-11(12)17(23)21-15/h7-8,10,16H,6,9,19H2,1-5H3,(H,20,21,23). The van der Waals surface area contributed by atoms with Crippen LogP contribution in [-0.2, 0) is 11.3 Å². The van der Waals surface area contributed by atoms with Crippen molar-refractivity contribution in [1.82, 2.24) is 14.9 Å². The summed E-state index contributed by atoms with van der Waals surface area (Å²) in [5.74, 6) is 1.18. The second-order valence-electron chi connectivity index (χ2n) is 6.36. The molecule has 3 N–H and O–H groups in total. The number of carbonyl (C=O) groups excluding carboxylic acids is 1. The molecular weight excluding hydrogens is 336 g/mol. The predicted octanol–water partition coefficient (Wildman–Crippen LogP) is 1.27. The Bertz CT molecular complexity index is 847. The topological polar surface area (TPSA) is 111 Å². The Hall–Kier alpha value is -2.61. The van der Waals surface area contributed by atoms with E-state index in [1.54, 1.807) is 17.0 Å². The Labute approximate surface area is 152 Å². The van der Waals surface area contributed by atoms with Gasteiger partial charge in [0.25, 0.3) is 5.56 Å². The number of nitrogens with two attached hydrogens (primary N) is 1. The van der Waals surface area contributed by atoms with Crippen molar-refractivity contribution in [3.8, 4) is 11.5 Å². The third kappa shape index (κ3) is 3.96. The Morgan fingerprint density at radius 1 is 1.27 bits per heavy atom. The number of benzene rings is 1. The van der Waals surface area contributed by atoms with Crippen LogP contribution in [0.2, 0.25) is 0 Å². The smallest absolute Gasteiger partial charge is 0.258 e. The molecule has 8 heteroatoms. The van der Waals surface area contributed by atoms with Crippen LogP contribution in [0.15, 0.2) is 16.9 Å². The van der Waals surface area contributed by atoms with E-state index in [4.69, 9.17) is 15.2 Å². The van der Waals surface area contributed by atoms with Gasteiger partial charge in [-0.25, -0.2) is 4.98 Å². The van der Waals surface area contributed by atoms with Crippen molar-refractivity contribution < 1.29 is 14.3 Å². The van der Waals surface area contributed by atoms with Gasteiger partial charge < -0.3 is 25.1 Å². The van der Waals surface area contributed by atoms with Gasteiger partial charge >= 0.3 is 0 Å². The summed E-state index contributed by atoms with van der Waals surface area (Å²) in [5, 5.41) is 0.389. The van der Waals surface area contributed by atoms with Gasteiger partial charge in [0.05, 0.1) is 37.7 Å². The largest absolute Gasteiger partial charge is 0.493 e. The van der Waals surface area contributed by atoms with Crippen molar-refractivity contribution in [2.45, 2.75) is 33.4 Å². The molecule has 26 heavy (non-hydrogen) atoms. The first kappa shape index (κ1) is 19.7. The molecule has 2 rings (SSSR count). The highest BCUT2D eigenvalue weighted by atomic mass is 16.5. The fraction of sp³-hybridized carbons (Fsp3) is 0.500. The molecule has 1 heterocycles. The maximum absolute atomic E-state index is 12.5. The lowest BCUT2D eigenvalue weighted by Gasteiger charge is -2.25. The summed E-state index contributed by atoms with van der Waals surface area (Å²) in [6.07, 6.45) is 0. The average Bonchev–Trinajstić information content (AvgIpc) is 2.63. The van der Waals surface area contributed by atoms with E-state index in [1.807, 2.05) is 20.8 Å². The molecular formula is C18H26N4O4. The minimum absolute atomic E-state index is 0.0249. The first-order valence-electron chi connectivity index (χ1n) is 8.51. The Morgan fingerprint density at radius 3 is 2.42 bits per heavy atom. The second-order valence-corrected chi connectivity index (χ2v) is 6.36. The lowest BCUT2D eigenvalue weighted by atomic mass is 10.0. The molecule has 1 unspecified atom stereocenters. The van der Waals surface area contributed by atoms with Gasteiger partial charge in [-0.3, -0.25) is 9.59 Å². The molecule has 0 aliphatic carbocycles. The van der Waals surface area contributed by atoms with Crippen LogP contribution in [-0.4, -0.2) is 47.6 Å². The molecule has 1 amide bonds. The van der Waals surface area contributed by atoms with E-state index in [-0.39, 0.29) is 23.9 Å². The van der Waals surface area contributed by atoms with Crippen molar-refractivity contribution in [3.05, 3.63) is 28.3 Å². The third-order valence-electron chi connectivity index (χ3n) is 4.30. The summed E-state index contributed by atoms with van der Waals surface area (Å²) in [7, 11) is 3.02. The van der Waals surface area contributed by atoms with Crippen LogP contribution in [0.3, 0.4) is 0 Å². The zero-order valence-corrected chi connectivity index (χ0v) is 15.8. The Balaban J connectivity index is 2.41. The van der Waals surface area contributed by atoms with Crippen molar-refractivity contribution in [1.29, 1.82) is 0 Å². The third-order valence-corrected chi connectivity index (χ3v) is 4.30. The van der Waals surface area contributed by atoms with Crippen molar-refractivity contribution >= 4 is 16.8 Å². The first-order chi connectivity index (χ1) is 12.3. The molecule has 0 fully saturated rings. The lowest BCUT2D eigenvalue weighted by molar-refractivity contribution is -0.134. The summed E-state index contributed by atoms with van der Waals surface area (Å²) in [4.78, 5) is 33.7. The number of rotatable bonds is 7. The van der Waals surface area contributed by atoms with Gasteiger partial charge in [-0.05, 0) is 18.9 Å². The molecule has 2 aromatic rings. The van der Waals surface area contributed by atoms with Crippen LogP contribution < -0.4 is 20.8 Å². The normalized spacial score (nSPS) is 12.3.